The highest BCUT2D eigenvalue weighted by Gasteiger charge is 2.15. The summed E-state index contributed by atoms with van der Waals surface area (Å²) in [5.74, 6) is 2.72. The summed E-state index contributed by atoms with van der Waals surface area (Å²) >= 11 is 0. The van der Waals surface area contributed by atoms with Gasteiger partial charge in [0.05, 0.1) is 0 Å². The van der Waals surface area contributed by atoms with Crippen LogP contribution in [0.2, 0.25) is 0 Å². The van der Waals surface area contributed by atoms with Crippen molar-refractivity contribution in [1.29, 1.82) is 0 Å². The Hall–Kier alpha value is -4.21. The molecule has 4 heterocycles. The zero-order valence-electron chi connectivity index (χ0n) is 16.6. The first kappa shape index (κ1) is 18.8. The fraction of sp³-hybridized carbons (Fsp3) is 0.190. The van der Waals surface area contributed by atoms with Crippen molar-refractivity contribution in [2.24, 2.45) is 0 Å². The van der Waals surface area contributed by atoms with Crippen molar-refractivity contribution in [2.45, 2.75) is 19.9 Å². The van der Waals surface area contributed by atoms with Gasteiger partial charge in [-0.3, -0.25) is 9.36 Å². The van der Waals surface area contributed by atoms with Crippen molar-refractivity contribution < 1.29 is 18.8 Å². The third kappa shape index (κ3) is 3.82. The molecule has 156 valence electrons. The molecule has 10 nitrogen and oxygen atoms in total. The Kier molecular flexibility index (Phi) is 4.79. The summed E-state index contributed by atoms with van der Waals surface area (Å²) in [7, 11) is 0. The Morgan fingerprint density at radius 3 is 2.94 bits per heavy atom. The molecule has 5 rings (SSSR count). The second-order valence-electron chi connectivity index (χ2n) is 6.81. The fourth-order valence-electron chi connectivity index (χ4n) is 3.10. The van der Waals surface area contributed by atoms with Gasteiger partial charge in [-0.25, -0.2) is 9.97 Å². The van der Waals surface area contributed by atoms with Crippen LogP contribution in [-0.4, -0.2) is 37.4 Å². The number of carbonyl (C=O) groups is 1. The van der Waals surface area contributed by atoms with E-state index >= 15 is 0 Å². The van der Waals surface area contributed by atoms with E-state index < -0.39 is 0 Å². The summed E-state index contributed by atoms with van der Waals surface area (Å²) in [5, 5.41) is 6.76. The van der Waals surface area contributed by atoms with Gasteiger partial charge in [0.25, 0.3) is 11.8 Å². The van der Waals surface area contributed by atoms with E-state index in [0.29, 0.717) is 42.0 Å². The normalized spacial score (nSPS) is 12.2. The maximum Gasteiger partial charge on any atom is 0.271 e. The van der Waals surface area contributed by atoms with E-state index in [-0.39, 0.29) is 18.4 Å². The van der Waals surface area contributed by atoms with Crippen LogP contribution in [0, 0.1) is 0 Å². The average molecular weight is 418 g/mol. The number of aryl methyl sites for hydroxylation is 1. The molecule has 0 bridgehead atoms. The summed E-state index contributed by atoms with van der Waals surface area (Å²) in [4.78, 5) is 25.4. The first-order valence-electron chi connectivity index (χ1n) is 9.69. The van der Waals surface area contributed by atoms with Gasteiger partial charge in [0.1, 0.15) is 17.8 Å². The third-order valence-electron chi connectivity index (χ3n) is 4.75. The van der Waals surface area contributed by atoms with Crippen LogP contribution in [0.25, 0.3) is 17.3 Å². The van der Waals surface area contributed by atoms with Crippen LogP contribution >= 0.6 is 0 Å². The van der Waals surface area contributed by atoms with Gasteiger partial charge in [0.2, 0.25) is 6.79 Å². The molecule has 0 aliphatic carbocycles. The summed E-state index contributed by atoms with van der Waals surface area (Å²) in [6, 6.07) is 9.13. The Morgan fingerprint density at radius 1 is 1.16 bits per heavy atom. The molecule has 1 amide bonds. The van der Waals surface area contributed by atoms with E-state index in [1.165, 1.54) is 6.33 Å². The number of aromatic nitrogens is 5. The van der Waals surface area contributed by atoms with Crippen molar-refractivity contribution in [3.63, 3.8) is 0 Å². The topological polar surface area (TPSA) is 117 Å². The van der Waals surface area contributed by atoms with Crippen LogP contribution in [0.1, 0.15) is 28.8 Å². The zero-order chi connectivity index (χ0) is 21.2. The van der Waals surface area contributed by atoms with Gasteiger partial charge in [0, 0.05) is 30.9 Å². The maximum atomic E-state index is 12.5. The van der Waals surface area contributed by atoms with Crippen LogP contribution in [-0.2, 0) is 13.0 Å². The van der Waals surface area contributed by atoms with Crippen molar-refractivity contribution in [2.75, 3.05) is 6.79 Å². The van der Waals surface area contributed by atoms with Crippen molar-refractivity contribution >= 4 is 5.91 Å². The molecule has 1 aliphatic heterocycles. The number of hydrogen-bond donors (Lipinski definition) is 1. The van der Waals surface area contributed by atoms with Gasteiger partial charge >= 0.3 is 0 Å². The lowest BCUT2D eigenvalue weighted by Crippen LogP contribution is -2.23. The highest BCUT2D eigenvalue weighted by Crippen LogP contribution is 2.32. The molecule has 0 unspecified atom stereocenters. The Balaban J connectivity index is 1.28. The lowest BCUT2D eigenvalue weighted by Gasteiger charge is -2.05. The molecule has 1 aromatic carbocycles. The van der Waals surface area contributed by atoms with Gasteiger partial charge in [-0.15, -0.1) is 0 Å². The minimum Gasteiger partial charge on any atom is -0.454 e. The molecule has 0 spiro atoms. The molecule has 1 N–H and O–H groups in total. The highest BCUT2D eigenvalue weighted by atomic mass is 16.7. The van der Waals surface area contributed by atoms with Gasteiger partial charge in [-0.05, 0) is 29.8 Å². The predicted molar refractivity (Wildman–Crippen MR) is 108 cm³/mol. The van der Waals surface area contributed by atoms with Crippen molar-refractivity contribution in [1.82, 2.24) is 30.0 Å². The number of pyridine rings is 1. The predicted octanol–water partition coefficient (Wildman–Crippen LogP) is 2.54. The SMILES string of the molecule is CCc1noc(-c2ccnc(-n3cnc(C(=O)NCc4ccc5c(c4)OCO5)c3)c2)n1. The lowest BCUT2D eigenvalue weighted by molar-refractivity contribution is 0.0946. The van der Waals surface area contributed by atoms with Crippen molar-refractivity contribution in [3.05, 3.63) is 66.1 Å². The Morgan fingerprint density at radius 2 is 2.06 bits per heavy atom. The van der Waals surface area contributed by atoms with E-state index in [0.717, 1.165) is 11.1 Å². The summed E-state index contributed by atoms with van der Waals surface area (Å²) in [5.41, 5.74) is 1.91. The molecule has 0 fully saturated rings. The van der Waals surface area contributed by atoms with Crippen molar-refractivity contribution in [3.8, 4) is 28.8 Å². The quantitative estimate of drug-likeness (QED) is 0.508. The standard InChI is InChI=1S/C21H18N6O4/c1-2-18-25-21(31-26-18)14-5-6-22-19(8-14)27-10-15(24-11-27)20(28)23-9-13-3-4-16-17(7-13)30-12-29-16/h3-8,10-11H,2,9,12H2,1H3,(H,23,28). The molecular formula is C21H18N6O4. The number of ether oxygens (including phenoxy) is 2. The molecule has 0 radical (unpaired) electrons. The zero-order valence-corrected chi connectivity index (χ0v) is 16.6. The minimum atomic E-state index is -0.294. The van der Waals surface area contributed by atoms with Gasteiger partial charge in [-0.2, -0.15) is 4.98 Å². The minimum absolute atomic E-state index is 0.212. The molecule has 1 aliphatic rings. The number of imidazole rings is 1. The number of amides is 1. The van der Waals surface area contributed by atoms with Gasteiger partial charge in [0.15, 0.2) is 17.3 Å². The number of hydrogen-bond acceptors (Lipinski definition) is 8. The lowest BCUT2D eigenvalue weighted by atomic mass is 10.2. The number of nitrogens with zero attached hydrogens (tertiary/aromatic N) is 5. The largest absolute Gasteiger partial charge is 0.454 e. The second-order valence-corrected chi connectivity index (χ2v) is 6.81. The summed E-state index contributed by atoms with van der Waals surface area (Å²) in [6.07, 6.45) is 5.48. The van der Waals surface area contributed by atoms with E-state index in [1.54, 1.807) is 29.1 Å². The smallest absolute Gasteiger partial charge is 0.271 e. The fourth-order valence-corrected chi connectivity index (χ4v) is 3.10. The molecular weight excluding hydrogens is 400 g/mol. The summed E-state index contributed by atoms with van der Waals surface area (Å²) < 4.78 is 17.6. The van der Waals surface area contributed by atoms with Crippen LogP contribution < -0.4 is 14.8 Å². The van der Waals surface area contributed by atoms with E-state index in [9.17, 15) is 4.79 Å². The Bertz CT molecular complexity index is 1250. The van der Waals surface area contributed by atoms with Crippen LogP contribution in [0.4, 0.5) is 0 Å². The highest BCUT2D eigenvalue weighted by molar-refractivity contribution is 5.92. The van der Waals surface area contributed by atoms with E-state index in [2.05, 4.69) is 25.4 Å². The number of rotatable bonds is 6. The van der Waals surface area contributed by atoms with Gasteiger partial charge in [-0.1, -0.05) is 18.1 Å². The number of nitrogens with one attached hydrogen (secondary N) is 1. The van der Waals surface area contributed by atoms with E-state index in [4.69, 9.17) is 14.0 Å². The monoisotopic (exact) mass is 418 g/mol. The van der Waals surface area contributed by atoms with Crippen LogP contribution in [0.15, 0.2) is 53.6 Å². The number of fused-ring (bicyclic) bond motifs is 1. The summed E-state index contributed by atoms with van der Waals surface area (Å²) in [6.45, 7) is 2.51. The van der Waals surface area contributed by atoms with E-state index in [1.807, 2.05) is 25.1 Å². The molecule has 4 aromatic rings. The average Bonchev–Trinajstić information content (AvgIpc) is 3.57. The molecule has 10 heteroatoms. The first-order chi connectivity index (χ1) is 15.2. The third-order valence-corrected chi connectivity index (χ3v) is 4.75. The number of benzene rings is 1. The van der Waals surface area contributed by atoms with Gasteiger partial charge < -0.3 is 19.3 Å². The van der Waals surface area contributed by atoms with Crippen LogP contribution in [0.3, 0.4) is 0 Å². The Labute approximate surface area is 176 Å². The molecule has 0 atom stereocenters. The second kappa shape index (κ2) is 7.90. The molecule has 0 saturated carbocycles. The van der Waals surface area contributed by atoms with Crippen LogP contribution in [0.5, 0.6) is 11.5 Å². The molecule has 31 heavy (non-hydrogen) atoms. The molecule has 3 aromatic heterocycles. The first-order valence-corrected chi connectivity index (χ1v) is 9.69. The molecule has 0 saturated heterocycles. The maximum absolute atomic E-state index is 12.5. The number of carbonyl (C=O) groups excluding carboxylic acids is 1.